The zero-order valence-electron chi connectivity index (χ0n) is 23.2. The molecule has 2 atom stereocenters. The minimum absolute atomic E-state index is 0.383. The molecule has 0 heterocycles. The fourth-order valence-electron chi connectivity index (χ4n) is 4.89. The van der Waals surface area contributed by atoms with E-state index in [0.29, 0.717) is 5.92 Å². The molecule has 0 heteroatoms. The highest BCUT2D eigenvalue weighted by atomic mass is 14.5. The van der Waals surface area contributed by atoms with E-state index >= 15 is 0 Å². The summed E-state index contributed by atoms with van der Waals surface area (Å²) in [5.41, 5.74) is 8.06. The van der Waals surface area contributed by atoms with E-state index in [0.717, 1.165) is 5.57 Å². The Balaban J connectivity index is 0.000000455. The lowest BCUT2D eigenvalue weighted by Gasteiger charge is -2.36. The van der Waals surface area contributed by atoms with E-state index in [1.807, 2.05) is 50.3 Å². The molecule has 2 aromatic rings. The molecular weight excluding hydrogens is 444 g/mol. The summed E-state index contributed by atoms with van der Waals surface area (Å²) in [5.74, 6) is 0.383. The van der Waals surface area contributed by atoms with Crippen molar-refractivity contribution in [3.8, 4) is 0 Å². The van der Waals surface area contributed by atoms with Gasteiger partial charge in [-0.15, -0.1) is 0 Å². The van der Waals surface area contributed by atoms with Gasteiger partial charge in [-0.25, -0.2) is 0 Å². The molecule has 0 nitrogen and oxygen atoms in total. The Morgan fingerprint density at radius 3 is 1.95 bits per heavy atom. The van der Waals surface area contributed by atoms with Gasteiger partial charge in [0.2, 0.25) is 0 Å². The number of allylic oxidation sites excluding steroid dienone is 15. The molecule has 0 amide bonds. The molecule has 190 valence electrons. The van der Waals surface area contributed by atoms with Crippen LogP contribution in [-0.4, -0.2) is 0 Å². The average Bonchev–Trinajstić information content (AvgIpc) is 3.04. The minimum atomic E-state index is -0.464. The van der Waals surface area contributed by atoms with Gasteiger partial charge in [-0.1, -0.05) is 167 Å². The summed E-state index contributed by atoms with van der Waals surface area (Å²) in [4.78, 5) is 0. The van der Waals surface area contributed by atoms with Crippen LogP contribution in [0.25, 0.3) is 0 Å². The van der Waals surface area contributed by atoms with E-state index in [1.165, 1.54) is 33.4 Å². The molecule has 0 aromatic heterocycles. The smallest absolute Gasteiger partial charge is 0.0713 e. The summed E-state index contributed by atoms with van der Waals surface area (Å²) in [6.45, 7) is 22.7. The number of hydrogen-bond donors (Lipinski definition) is 0. The van der Waals surface area contributed by atoms with Gasteiger partial charge >= 0.3 is 0 Å². The van der Waals surface area contributed by atoms with Gasteiger partial charge in [-0.05, 0) is 53.2 Å². The number of rotatable bonds is 6. The van der Waals surface area contributed by atoms with Crippen molar-refractivity contribution in [1.82, 2.24) is 0 Å². The molecule has 2 aliphatic carbocycles. The Bertz CT molecular complexity index is 1240. The Morgan fingerprint density at radius 1 is 0.865 bits per heavy atom. The maximum absolute atomic E-state index is 4.22. The highest BCUT2D eigenvalue weighted by Gasteiger charge is 2.47. The third-order valence-corrected chi connectivity index (χ3v) is 6.45. The lowest BCUT2D eigenvalue weighted by molar-refractivity contribution is 0.753. The van der Waals surface area contributed by atoms with Gasteiger partial charge in [0.25, 0.3) is 0 Å². The molecule has 0 radical (unpaired) electrons. The number of hydrogen-bond acceptors (Lipinski definition) is 0. The molecule has 0 spiro atoms. The van der Waals surface area contributed by atoms with E-state index in [1.54, 1.807) is 0 Å². The predicted molar refractivity (Wildman–Crippen MR) is 166 cm³/mol. The lowest BCUT2D eigenvalue weighted by atomic mass is 9.65. The molecule has 2 unspecified atom stereocenters. The van der Waals surface area contributed by atoms with Gasteiger partial charge in [0.05, 0.1) is 5.41 Å². The van der Waals surface area contributed by atoms with Crippen molar-refractivity contribution in [1.29, 1.82) is 0 Å². The Kier molecular flexibility index (Phi) is 11.6. The molecule has 0 N–H and O–H groups in total. The molecule has 4 rings (SSSR count). The molecule has 0 fully saturated rings. The maximum atomic E-state index is 4.22. The van der Waals surface area contributed by atoms with Crippen LogP contribution in [0.3, 0.4) is 0 Å². The van der Waals surface area contributed by atoms with Crippen molar-refractivity contribution in [2.75, 3.05) is 0 Å². The van der Waals surface area contributed by atoms with Crippen molar-refractivity contribution >= 4 is 0 Å². The normalized spacial score (nSPS) is 20.4. The molecule has 0 saturated carbocycles. The molecule has 0 saturated heterocycles. The monoisotopic (exact) mass is 486 g/mol. The van der Waals surface area contributed by atoms with Crippen LogP contribution in [0, 0.1) is 12.8 Å². The molecule has 2 aliphatic rings. The molecular formula is C37H42. The summed E-state index contributed by atoms with van der Waals surface area (Å²) in [5, 5.41) is 0. The molecule has 0 bridgehead atoms. The fraction of sp³-hybridized carbons (Fsp3) is 0.189. The van der Waals surface area contributed by atoms with Gasteiger partial charge in [0.1, 0.15) is 0 Å². The first kappa shape index (κ1) is 29.3. The highest BCUT2D eigenvalue weighted by molar-refractivity contribution is 5.77. The van der Waals surface area contributed by atoms with Crippen LogP contribution in [0.15, 0.2) is 169 Å². The quantitative estimate of drug-likeness (QED) is 0.356. The zero-order chi connectivity index (χ0) is 27.3. The Morgan fingerprint density at radius 2 is 1.46 bits per heavy atom. The highest BCUT2D eigenvalue weighted by Crippen LogP contribution is 2.56. The summed E-state index contributed by atoms with van der Waals surface area (Å²) >= 11 is 0. The van der Waals surface area contributed by atoms with Crippen LogP contribution in [0.4, 0.5) is 0 Å². The maximum Gasteiger partial charge on any atom is 0.0713 e. The van der Waals surface area contributed by atoms with E-state index in [9.17, 15) is 0 Å². The van der Waals surface area contributed by atoms with E-state index in [4.69, 9.17) is 0 Å². The Hall–Kier alpha value is -3.90. The van der Waals surface area contributed by atoms with Crippen molar-refractivity contribution < 1.29 is 0 Å². The summed E-state index contributed by atoms with van der Waals surface area (Å²) in [6.07, 6.45) is 21.2. The Labute approximate surface area is 225 Å². The topological polar surface area (TPSA) is 0 Å². The van der Waals surface area contributed by atoms with Crippen LogP contribution in [0.1, 0.15) is 38.8 Å². The van der Waals surface area contributed by atoms with Crippen LogP contribution in [0.2, 0.25) is 0 Å². The number of aryl methyl sites for hydroxylation is 1. The van der Waals surface area contributed by atoms with Crippen LogP contribution < -0.4 is 0 Å². The lowest BCUT2D eigenvalue weighted by Crippen LogP contribution is -2.30. The van der Waals surface area contributed by atoms with Gasteiger partial charge < -0.3 is 0 Å². The predicted octanol–water partition coefficient (Wildman–Crippen LogP) is 10.4. The number of benzene rings is 2. The summed E-state index contributed by atoms with van der Waals surface area (Å²) in [6, 6.07) is 20.9. The van der Waals surface area contributed by atoms with Gasteiger partial charge in [-0.2, -0.15) is 0 Å². The van der Waals surface area contributed by atoms with Gasteiger partial charge in [-0.3, -0.25) is 0 Å². The van der Waals surface area contributed by atoms with Crippen LogP contribution in [-0.2, 0) is 5.41 Å². The van der Waals surface area contributed by atoms with Gasteiger partial charge in [0, 0.05) is 0 Å². The second kappa shape index (κ2) is 14.6. The first-order chi connectivity index (χ1) is 18.0. The van der Waals surface area contributed by atoms with Gasteiger partial charge in [0.15, 0.2) is 0 Å². The fourth-order valence-corrected chi connectivity index (χ4v) is 4.89. The third-order valence-electron chi connectivity index (χ3n) is 6.45. The van der Waals surface area contributed by atoms with Crippen molar-refractivity contribution in [2.24, 2.45) is 5.92 Å². The zero-order valence-corrected chi connectivity index (χ0v) is 23.2. The molecule has 37 heavy (non-hydrogen) atoms. The SMILES string of the molecule is C=C/C=C(\C=C)C1(c2ccccc2)C2=C(C=CC(C)C=C2)C(/C=C\C)=C1C=C.CC.Cc1ccccc1. The second-order valence-corrected chi connectivity index (χ2v) is 8.77. The minimum Gasteiger partial charge on any atom is -0.0991 e. The third kappa shape index (κ3) is 6.27. The molecule has 0 aliphatic heterocycles. The van der Waals surface area contributed by atoms with Crippen molar-refractivity contribution in [3.05, 3.63) is 180 Å². The standard InChI is InChI=1S/C28H28.C7H8.C2H6/c1-6-13-22(8-3)28(23-15-11-10-12-16-23)26(9-4)24(14-7-2)25-19-17-21(5)18-20-27(25)28;1-7-5-3-2-4-6-7;1-2/h6-21H,1,3-4H2,2,5H3;2-6H,1H3;1-2H3/b14-7-,22-13+;;. The van der Waals surface area contributed by atoms with Crippen molar-refractivity contribution in [3.63, 3.8) is 0 Å². The van der Waals surface area contributed by atoms with Crippen molar-refractivity contribution in [2.45, 2.75) is 40.0 Å². The van der Waals surface area contributed by atoms with Crippen LogP contribution in [0.5, 0.6) is 0 Å². The van der Waals surface area contributed by atoms with E-state index in [2.05, 4.69) is 126 Å². The first-order valence-electron chi connectivity index (χ1n) is 13.2. The summed E-state index contributed by atoms with van der Waals surface area (Å²) < 4.78 is 0. The van der Waals surface area contributed by atoms with E-state index < -0.39 is 5.41 Å². The summed E-state index contributed by atoms with van der Waals surface area (Å²) in [7, 11) is 0. The average molecular weight is 487 g/mol. The van der Waals surface area contributed by atoms with E-state index in [-0.39, 0.29) is 0 Å². The molecule has 2 aromatic carbocycles. The largest absolute Gasteiger partial charge is 0.0991 e. The second-order valence-electron chi connectivity index (χ2n) is 8.77. The first-order valence-corrected chi connectivity index (χ1v) is 13.2. The van der Waals surface area contributed by atoms with Crippen LogP contribution >= 0.6 is 0 Å².